The van der Waals surface area contributed by atoms with Gasteiger partial charge in [0.15, 0.2) is 0 Å². The van der Waals surface area contributed by atoms with Gasteiger partial charge in [-0.1, -0.05) is 41.9 Å². The predicted octanol–water partition coefficient (Wildman–Crippen LogP) is 3.00. The highest BCUT2D eigenvalue weighted by molar-refractivity contribution is 6.31. The van der Waals surface area contributed by atoms with Crippen molar-refractivity contribution in [1.82, 2.24) is 0 Å². The molecule has 11 nitrogen and oxygen atoms in total. The Morgan fingerprint density at radius 1 is 1.03 bits per heavy atom. The van der Waals surface area contributed by atoms with Crippen molar-refractivity contribution in [3.05, 3.63) is 59.1 Å². The molecular formula is C23H26ClF3N4O7. The van der Waals surface area contributed by atoms with Crippen molar-refractivity contribution < 1.29 is 47.3 Å². The number of benzene rings is 2. The van der Waals surface area contributed by atoms with Gasteiger partial charge in [-0.25, -0.2) is 4.79 Å². The van der Waals surface area contributed by atoms with Crippen molar-refractivity contribution in [3.8, 4) is 5.75 Å². The first kappa shape index (κ1) is 31.8. The zero-order valence-corrected chi connectivity index (χ0v) is 20.6. The van der Waals surface area contributed by atoms with Crippen molar-refractivity contribution in [2.45, 2.75) is 25.4 Å². The third-order valence-corrected chi connectivity index (χ3v) is 4.50. The number of carbonyl (C=O) groups is 3. The number of oxime groups is 1. The molecule has 0 atom stereocenters. The molecule has 0 bridgehead atoms. The van der Waals surface area contributed by atoms with Gasteiger partial charge in [-0.3, -0.25) is 9.59 Å². The summed E-state index contributed by atoms with van der Waals surface area (Å²) in [5.41, 5.74) is 11.6. The lowest BCUT2D eigenvalue weighted by Crippen LogP contribution is -2.34. The topological polar surface area (TPSA) is 178 Å². The largest absolute Gasteiger partial charge is 0.493 e. The average Bonchev–Trinajstić information content (AvgIpc) is 2.81. The van der Waals surface area contributed by atoms with E-state index in [9.17, 15) is 22.8 Å². The number of ether oxygens (including phenoxy) is 1. The number of anilines is 1. The van der Waals surface area contributed by atoms with Crippen LogP contribution in [0.3, 0.4) is 0 Å². The summed E-state index contributed by atoms with van der Waals surface area (Å²) in [6, 6.07) is 14.1. The Balaban J connectivity index is 0.000000905. The summed E-state index contributed by atoms with van der Waals surface area (Å²) in [7, 11) is 0. The highest BCUT2D eigenvalue weighted by Gasteiger charge is 2.38. The summed E-state index contributed by atoms with van der Waals surface area (Å²) in [5.74, 6) is -3.73. The van der Waals surface area contributed by atoms with E-state index in [4.69, 9.17) is 47.7 Å². The number of carboxylic acids is 2. The Morgan fingerprint density at radius 2 is 1.66 bits per heavy atom. The van der Waals surface area contributed by atoms with Gasteiger partial charge in [0, 0.05) is 29.7 Å². The molecule has 0 saturated carbocycles. The summed E-state index contributed by atoms with van der Waals surface area (Å²) in [6.45, 7) is 0.561. The van der Waals surface area contributed by atoms with Crippen LogP contribution in [0.4, 0.5) is 18.9 Å². The molecule has 208 valence electrons. The van der Waals surface area contributed by atoms with E-state index < -0.39 is 18.1 Å². The number of amides is 1. The lowest BCUT2D eigenvalue weighted by molar-refractivity contribution is -0.192. The number of carboxylic acid groups (broad SMARTS) is 2. The number of halogens is 4. The van der Waals surface area contributed by atoms with Crippen LogP contribution in [0.5, 0.6) is 5.75 Å². The smallest absolute Gasteiger partial charge is 0.490 e. The average molecular weight is 563 g/mol. The van der Waals surface area contributed by atoms with Crippen LogP contribution in [-0.4, -0.2) is 60.0 Å². The molecule has 0 aliphatic carbocycles. The van der Waals surface area contributed by atoms with Gasteiger partial charge in [0.25, 0.3) is 0 Å². The number of hydrogen-bond acceptors (Lipinski definition) is 6. The van der Waals surface area contributed by atoms with E-state index in [1.54, 1.807) is 18.2 Å². The minimum atomic E-state index is -5.08. The molecule has 0 saturated heterocycles. The summed E-state index contributed by atoms with van der Waals surface area (Å²) < 4.78 is 37.4. The Hall–Kier alpha value is -4.20. The first-order chi connectivity index (χ1) is 17.8. The zero-order chi connectivity index (χ0) is 28.7. The maximum absolute atomic E-state index is 12.9. The molecule has 6 N–H and O–H groups in total. The summed E-state index contributed by atoms with van der Waals surface area (Å²) >= 11 is 6.21. The van der Waals surface area contributed by atoms with Crippen LogP contribution in [0.25, 0.3) is 0 Å². The molecule has 0 unspecified atom stereocenters. The van der Waals surface area contributed by atoms with Crippen LogP contribution in [0.1, 0.15) is 18.4 Å². The van der Waals surface area contributed by atoms with E-state index in [1.807, 2.05) is 30.3 Å². The molecular weight excluding hydrogens is 537 g/mol. The molecule has 2 aromatic rings. The predicted molar refractivity (Wildman–Crippen MR) is 132 cm³/mol. The van der Waals surface area contributed by atoms with Crippen LogP contribution in [0.15, 0.2) is 53.7 Å². The SMILES string of the molecule is NC(N)=NOCCCOc1cc(Cl)cc(N(CCC(=O)O)C(=O)Cc2ccccc2)c1.O=C(O)C(F)(F)F. The maximum atomic E-state index is 12.9. The number of nitrogens with two attached hydrogens (primary N) is 2. The van der Waals surface area contributed by atoms with Crippen LogP contribution >= 0.6 is 11.6 Å². The molecule has 38 heavy (non-hydrogen) atoms. The molecule has 0 radical (unpaired) electrons. The normalized spacial score (nSPS) is 10.4. The molecule has 15 heteroatoms. The molecule has 1 amide bonds. The molecule has 0 spiro atoms. The van der Waals surface area contributed by atoms with E-state index in [-0.39, 0.29) is 37.9 Å². The fraction of sp³-hybridized carbons (Fsp3) is 0.304. The number of nitrogens with zero attached hydrogens (tertiary/aromatic N) is 2. The van der Waals surface area contributed by atoms with E-state index >= 15 is 0 Å². The van der Waals surface area contributed by atoms with Crippen molar-refractivity contribution in [2.24, 2.45) is 16.6 Å². The summed E-state index contributed by atoms with van der Waals surface area (Å²) in [6.07, 6.45) is -4.65. The number of carbonyl (C=O) groups excluding carboxylic acids is 1. The van der Waals surface area contributed by atoms with Crippen molar-refractivity contribution in [2.75, 3.05) is 24.7 Å². The Labute approximate surface area is 220 Å². The van der Waals surface area contributed by atoms with E-state index in [2.05, 4.69) is 5.16 Å². The second-order valence-electron chi connectivity index (χ2n) is 7.35. The van der Waals surface area contributed by atoms with Crippen LogP contribution in [-0.2, 0) is 25.6 Å². The fourth-order valence-corrected chi connectivity index (χ4v) is 2.91. The van der Waals surface area contributed by atoms with Crippen LogP contribution in [0, 0.1) is 0 Å². The number of hydrogen-bond donors (Lipinski definition) is 4. The number of aliphatic carboxylic acids is 2. The Morgan fingerprint density at radius 3 is 2.21 bits per heavy atom. The second-order valence-corrected chi connectivity index (χ2v) is 7.79. The van der Waals surface area contributed by atoms with Crippen molar-refractivity contribution >= 4 is 41.1 Å². The molecule has 0 fully saturated rings. The molecule has 2 rings (SSSR count). The lowest BCUT2D eigenvalue weighted by atomic mass is 10.1. The lowest BCUT2D eigenvalue weighted by Gasteiger charge is -2.23. The first-order valence-electron chi connectivity index (χ1n) is 10.8. The monoisotopic (exact) mass is 562 g/mol. The Kier molecular flexibility index (Phi) is 13.2. The second kappa shape index (κ2) is 15.8. The number of alkyl halides is 3. The third-order valence-electron chi connectivity index (χ3n) is 4.28. The minimum absolute atomic E-state index is 0.00708. The molecule has 0 aliphatic heterocycles. The zero-order valence-electron chi connectivity index (χ0n) is 19.9. The first-order valence-corrected chi connectivity index (χ1v) is 11.2. The van der Waals surface area contributed by atoms with E-state index in [0.717, 1.165) is 5.56 Å². The van der Waals surface area contributed by atoms with Gasteiger partial charge in [0.1, 0.15) is 12.4 Å². The maximum Gasteiger partial charge on any atom is 0.490 e. The van der Waals surface area contributed by atoms with Gasteiger partial charge < -0.3 is 36.2 Å². The van der Waals surface area contributed by atoms with E-state index in [0.29, 0.717) is 29.5 Å². The molecule has 2 aromatic carbocycles. The van der Waals surface area contributed by atoms with Gasteiger partial charge in [-0.2, -0.15) is 13.2 Å². The Bertz CT molecular complexity index is 1100. The van der Waals surface area contributed by atoms with Gasteiger partial charge in [-0.05, 0) is 22.9 Å². The fourth-order valence-electron chi connectivity index (χ4n) is 2.69. The van der Waals surface area contributed by atoms with E-state index in [1.165, 1.54) is 4.90 Å². The molecule has 0 aliphatic rings. The van der Waals surface area contributed by atoms with Gasteiger partial charge >= 0.3 is 18.1 Å². The van der Waals surface area contributed by atoms with Gasteiger partial charge in [0.2, 0.25) is 11.9 Å². The highest BCUT2D eigenvalue weighted by Crippen LogP contribution is 2.28. The highest BCUT2D eigenvalue weighted by atomic mass is 35.5. The molecule has 0 heterocycles. The number of guanidine groups is 1. The quantitative estimate of drug-likeness (QED) is 0.131. The van der Waals surface area contributed by atoms with Crippen LogP contribution in [0.2, 0.25) is 5.02 Å². The van der Waals surface area contributed by atoms with Gasteiger partial charge in [0.05, 0.1) is 19.4 Å². The molecule has 0 aromatic heterocycles. The van der Waals surface area contributed by atoms with Crippen LogP contribution < -0.4 is 21.1 Å². The summed E-state index contributed by atoms with van der Waals surface area (Å²) in [4.78, 5) is 39.2. The number of rotatable bonds is 12. The van der Waals surface area contributed by atoms with Gasteiger partial charge in [-0.15, -0.1) is 0 Å². The summed E-state index contributed by atoms with van der Waals surface area (Å²) in [5, 5.41) is 20.0. The minimum Gasteiger partial charge on any atom is -0.493 e. The third kappa shape index (κ3) is 13.2. The standard InChI is InChI=1S/C21H25ClN4O5.C2HF3O2/c22-16-12-17(14-18(13-16)30-9-4-10-31-25-21(23)24)26(8-7-20(28)29)19(27)11-15-5-2-1-3-6-15;3-2(4,5)1(6)7/h1-3,5-6,12-14H,4,7-11H2,(H,28,29)(H4,23,24,25);(H,6,7). The van der Waals surface area contributed by atoms with Crippen molar-refractivity contribution in [1.29, 1.82) is 0 Å². The van der Waals surface area contributed by atoms with Crippen molar-refractivity contribution in [3.63, 3.8) is 0 Å².